The molecule has 0 aliphatic carbocycles. The molecule has 180 valence electrons. The van der Waals surface area contributed by atoms with E-state index in [-0.39, 0.29) is 18.5 Å². The van der Waals surface area contributed by atoms with Crippen LogP contribution in [0.15, 0.2) is 48.5 Å². The normalized spacial score (nSPS) is 21.4. The van der Waals surface area contributed by atoms with Crippen LogP contribution in [-0.4, -0.2) is 60.4 Å². The molecule has 2 aliphatic rings. The summed E-state index contributed by atoms with van der Waals surface area (Å²) in [4.78, 5) is 41.6. The topological polar surface area (TPSA) is 91.0 Å². The van der Waals surface area contributed by atoms with Crippen molar-refractivity contribution in [3.05, 3.63) is 64.7 Å². The quantitative estimate of drug-likeness (QED) is 0.590. The third-order valence-electron chi connectivity index (χ3n) is 6.52. The van der Waals surface area contributed by atoms with Crippen molar-refractivity contribution in [1.29, 1.82) is 0 Å². The van der Waals surface area contributed by atoms with Crippen molar-refractivity contribution in [3.8, 4) is 5.75 Å². The van der Waals surface area contributed by atoms with E-state index in [0.29, 0.717) is 11.3 Å². The van der Waals surface area contributed by atoms with E-state index in [0.717, 1.165) is 42.4 Å². The Morgan fingerprint density at radius 1 is 1.12 bits per heavy atom. The number of methoxy groups -OCH3 is 1. The number of halogens is 1. The van der Waals surface area contributed by atoms with Gasteiger partial charge in [0.25, 0.3) is 5.91 Å². The molecule has 2 saturated heterocycles. The van der Waals surface area contributed by atoms with Crippen LogP contribution in [0, 0.1) is 0 Å². The minimum Gasteiger partial charge on any atom is -0.497 e. The van der Waals surface area contributed by atoms with E-state index in [2.05, 4.69) is 15.5 Å². The van der Waals surface area contributed by atoms with Gasteiger partial charge in [0.2, 0.25) is 5.91 Å². The van der Waals surface area contributed by atoms with Gasteiger partial charge in [-0.15, -0.1) is 0 Å². The second-order valence-electron chi connectivity index (χ2n) is 8.92. The Kier molecular flexibility index (Phi) is 7.09. The molecule has 4 amide bonds. The Morgan fingerprint density at radius 3 is 2.38 bits per heavy atom. The van der Waals surface area contributed by atoms with Crippen LogP contribution in [0.5, 0.6) is 5.75 Å². The molecule has 2 aromatic carbocycles. The zero-order valence-electron chi connectivity index (χ0n) is 19.3. The molecule has 8 nitrogen and oxygen atoms in total. The standard InChI is InChI=1S/C25H29ClN4O4/c1-25(18-5-9-21(34-2)10-6-18)23(32)30(24(33)28-25)16-22(31)27-20-11-13-29(14-12-20)15-17-3-7-19(26)8-4-17/h3-10,20H,11-16H2,1-2H3,(H,27,31)(H,28,33). The van der Waals surface area contributed by atoms with E-state index in [9.17, 15) is 14.4 Å². The summed E-state index contributed by atoms with van der Waals surface area (Å²) in [7, 11) is 1.56. The Hall–Kier alpha value is -3.10. The zero-order chi connectivity index (χ0) is 24.3. The molecule has 1 atom stereocenters. The zero-order valence-corrected chi connectivity index (χ0v) is 20.1. The van der Waals surface area contributed by atoms with Gasteiger partial charge in [-0.1, -0.05) is 35.9 Å². The minimum absolute atomic E-state index is 0.0164. The van der Waals surface area contributed by atoms with Crippen LogP contribution in [0.3, 0.4) is 0 Å². The number of ether oxygens (including phenoxy) is 1. The van der Waals surface area contributed by atoms with Crippen molar-refractivity contribution in [2.45, 2.75) is 37.9 Å². The first-order valence-electron chi connectivity index (χ1n) is 11.3. The van der Waals surface area contributed by atoms with Gasteiger partial charge in [0.1, 0.15) is 17.8 Å². The first kappa shape index (κ1) is 24.0. The van der Waals surface area contributed by atoms with Gasteiger partial charge < -0.3 is 15.4 Å². The van der Waals surface area contributed by atoms with E-state index < -0.39 is 17.5 Å². The third kappa shape index (κ3) is 5.18. The second-order valence-corrected chi connectivity index (χ2v) is 9.36. The van der Waals surface area contributed by atoms with Gasteiger partial charge in [0.15, 0.2) is 0 Å². The summed E-state index contributed by atoms with van der Waals surface area (Å²) in [6.07, 6.45) is 1.62. The predicted octanol–water partition coefficient (Wildman–Crippen LogP) is 2.90. The van der Waals surface area contributed by atoms with Crippen LogP contribution in [0.2, 0.25) is 5.02 Å². The Balaban J connectivity index is 1.28. The van der Waals surface area contributed by atoms with Gasteiger partial charge in [0, 0.05) is 30.7 Å². The first-order valence-corrected chi connectivity index (χ1v) is 11.7. The summed E-state index contributed by atoms with van der Waals surface area (Å²) in [5.74, 6) is -0.131. The van der Waals surface area contributed by atoms with E-state index in [1.54, 1.807) is 38.3 Å². The highest BCUT2D eigenvalue weighted by Gasteiger charge is 2.49. The maximum Gasteiger partial charge on any atom is 0.325 e. The summed E-state index contributed by atoms with van der Waals surface area (Å²) in [6, 6.07) is 14.2. The number of urea groups is 1. The monoisotopic (exact) mass is 484 g/mol. The molecule has 2 aromatic rings. The molecular weight excluding hydrogens is 456 g/mol. The summed E-state index contributed by atoms with van der Waals surface area (Å²) in [6.45, 7) is 3.88. The lowest BCUT2D eigenvalue weighted by atomic mass is 9.92. The van der Waals surface area contributed by atoms with Gasteiger partial charge >= 0.3 is 6.03 Å². The molecule has 2 aliphatic heterocycles. The average molecular weight is 485 g/mol. The Bertz CT molecular complexity index is 1050. The van der Waals surface area contributed by atoms with E-state index in [1.807, 2.05) is 24.3 Å². The van der Waals surface area contributed by atoms with Gasteiger partial charge in [-0.05, 0) is 55.2 Å². The molecule has 2 fully saturated rings. The van der Waals surface area contributed by atoms with Crippen molar-refractivity contribution in [2.75, 3.05) is 26.7 Å². The van der Waals surface area contributed by atoms with Crippen LogP contribution < -0.4 is 15.4 Å². The molecule has 0 saturated carbocycles. The van der Waals surface area contributed by atoms with Gasteiger partial charge in [-0.3, -0.25) is 19.4 Å². The largest absolute Gasteiger partial charge is 0.497 e. The van der Waals surface area contributed by atoms with E-state index in [1.165, 1.54) is 5.56 Å². The molecule has 2 heterocycles. The SMILES string of the molecule is COc1ccc(C2(C)NC(=O)N(CC(=O)NC3CCN(Cc4ccc(Cl)cc4)CC3)C2=O)cc1. The maximum absolute atomic E-state index is 13.1. The van der Waals surface area contributed by atoms with Gasteiger partial charge in [0.05, 0.1) is 7.11 Å². The summed E-state index contributed by atoms with van der Waals surface area (Å²) in [5.41, 5.74) is 0.601. The van der Waals surface area contributed by atoms with Crippen LogP contribution >= 0.6 is 11.6 Å². The van der Waals surface area contributed by atoms with E-state index >= 15 is 0 Å². The molecule has 34 heavy (non-hydrogen) atoms. The molecule has 9 heteroatoms. The molecular formula is C25H29ClN4O4. The molecule has 4 rings (SSSR count). The fraction of sp³-hybridized carbons (Fsp3) is 0.400. The summed E-state index contributed by atoms with van der Waals surface area (Å²) < 4.78 is 5.16. The Labute approximate surface area is 204 Å². The maximum atomic E-state index is 13.1. The number of nitrogens with zero attached hydrogens (tertiary/aromatic N) is 2. The van der Waals surface area contributed by atoms with E-state index in [4.69, 9.17) is 16.3 Å². The number of nitrogens with one attached hydrogen (secondary N) is 2. The molecule has 0 aromatic heterocycles. The number of carbonyl (C=O) groups excluding carboxylic acids is 3. The van der Waals surface area contributed by atoms with Crippen molar-refractivity contribution in [2.24, 2.45) is 0 Å². The fourth-order valence-electron chi connectivity index (χ4n) is 4.46. The van der Waals surface area contributed by atoms with Crippen LogP contribution in [0.1, 0.15) is 30.9 Å². The number of rotatable bonds is 7. The summed E-state index contributed by atoms with van der Waals surface area (Å²) >= 11 is 5.95. The van der Waals surface area contributed by atoms with Gasteiger partial charge in [-0.25, -0.2) is 4.79 Å². The summed E-state index contributed by atoms with van der Waals surface area (Å²) in [5, 5.41) is 6.44. The minimum atomic E-state index is -1.23. The highest BCUT2D eigenvalue weighted by atomic mass is 35.5. The molecule has 0 spiro atoms. The lowest BCUT2D eigenvalue weighted by molar-refractivity contribution is -0.135. The number of likely N-dealkylation sites (tertiary alicyclic amines) is 1. The van der Waals surface area contributed by atoms with Gasteiger partial charge in [-0.2, -0.15) is 0 Å². The van der Waals surface area contributed by atoms with Crippen molar-refractivity contribution in [3.63, 3.8) is 0 Å². The predicted molar refractivity (Wildman–Crippen MR) is 128 cm³/mol. The molecule has 0 radical (unpaired) electrons. The third-order valence-corrected chi connectivity index (χ3v) is 6.77. The van der Waals surface area contributed by atoms with Crippen molar-refractivity contribution >= 4 is 29.4 Å². The lowest BCUT2D eigenvalue weighted by Crippen LogP contribution is -2.48. The number of benzene rings is 2. The fourth-order valence-corrected chi connectivity index (χ4v) is 4.59. The van der Waals surface area contributed by atoms with Crippen molar-refractivity contribution < 1.29 is 19.1 Å². The number of hydrogen-bond donors (Lipinski definition) is 2. The van der Waals surface area contributed by atoms with Crippen molar-refractivity contribution in [1.82, 2.24) is 20.4 Å². The molecule has 2 N–H and O–H groups in total. The Morgan fingerprint density at radius 2 is 1.76 bits per heavy atom. The number of hydrogen-bond acceptors (Lipinski definition) is 5. The highest BCUT2D eigenvalue weighted by Crippen LogP contribution is 2.30. The second kappa shape index (κ2) is 10.0. The first-order chi connectivity index (χ1) is 16.3. The van der Waals surface area contributed by atoms with Crippen LogP contribution in [-0.2, 0) is 21.7 Å². The number of imide groups is 1. The number of amides is 4. The highest BCUT2D eigenvalue weighted by molar-refractivity contribution is 6.30. The van der Waals surface area contributed by atoms with Crippen LogP contribution in [0.4, 0.5) is 4.79 Å². The number of piperidine rings is 1. The smallest absolute Gasteiger partial charge is 0.325 e. The molecule has 1 unspecified atom stereocenters. The lowest BCUT2D eigenvalue weighted by Gasteiger charge is -2.32. The molecule has 0 bridgehead atoms. The van der Waals surface area contributed by atoms with Crippen LogP contribution in [0.25, 0.3) is 0 Å². The average Bonchev–Trinajstić information content (AvgIpc) is 3.05. The number of carbonyl (C=O) groups is 3.